The number of benzene rings is 2. The number of rotatable bonds is 2. The van der Waals surface area contributed by atoms with E-state index in [1.54, 1.807) is 17.5 Å². The maximum Gasteiger partial charge on any atom is 0.251 e. The number of nitrogens with zero attached hydrogens (tertiary/aromatic N) is 1. The second kappa shape index (κ2) is 7.57. The number of nitrogens with one attached hydrogen (secondary N) is 2. The van der Waals surface area contributed by atoms with E-state index < -0.39 is 0 Å². The molecule has 0 aliphatic heterocycles. The Morgan fingerprint density at radius 2 is 1.79 bits per heavy atom. The molecule has 120 valence electrons. The summed E-state index contributed by atoms with van der Waals surface area (Å²) in [6.45, 7) is 1.81. The van der Waals surface area contributed by atoms with E-state index in [-0.39, 0.29) is 5.56 Å². The Hall–Kier alpha value is -2.92. The average molecular weight is 335 g/mol. The molecule has 0 bridgehead atoms. The summed E-state index contributed by atoms with van der Waals surface area (Å²) in [5, 5.41) is 7.15. The third-order valence-electron chi connectivity index (χ3n) is 3.40. The van der Waals surface area contributed by atoms with Crippen LogP contribution in [0.3, 0.4) is 0 Å². The lowest BCUT2D eigenvalue weighted by molar-refractivity contribution is 1.24. The normalized spacial score (nSPS) is 10.0. The summed E-state index contributed by atoms with van der Waals surface area (Å²) in [5.74, 6) is 0. The molecular weight excluding hydrogens is 318 g/mol. The number of aryl methyl sites for hydroxylation is 1. The van der Waals surface area contributed by atoms with Gasteiger partial charge in [0.05, 0.1) is 0 Å². The summed E-state index contributed by atoms with van der Waals surface area (Å²) in [6.07, 6.45) is 1.79. The number of hydrogen-bond donors (Lipinski definition) is 2. The van der Waals surface area contributed by atoms with Crippen LogP contribution in [0, 0.1) is 6.92 Å². The van der Waals surface area contributed by atoms with E-state index in [0.29, 0.717) is 0 Å². The molecular formula is C19H17N3OS. The summed E-state index contributed by atoms with van der Waals surface area (Å²) in [4.78, 5) is 18.1. The van der Waals surface area contributed by atoms with Crippen LogP contribution in [-0.2, 0) is 0 Å². The van der Waals surface area contributed by atoms with E-state index >= 15 is 0 Å². The number of para-hydroxylation sites is 2. The fourth-order valence-corrected chi connectivity index (χ4v) is 2.74. The van der Waals surface area contributed by atoms with Crippen molar-refractivity contribution < 1.29 is 0 Å². The SMILES string of the molecule is Cc1cc2ccccc2[nH]c1=O.c1ccc(Nc2nccs2)cc1. The summed E-state index contributed by atoms with van der Waals surface area (Å²) in [6, 6.07) is 19.7. The first-order valence-electron chi connectivity index (χ1n) is 7.52. The van der Waals surface area contributed by atoms with Gasteiger partial charge in [-0.2, -0.15) is 0 Å². The van der Waals surface area contributed by atoms with E-state index in [1.807, 2.05) is 73.0 Å². The topological polar surface area (TPSA) is 57.8 Å². The van der Waals surface area contributed by atoms with Gasteiger partial charge in [-0.3, -0.25) is 4.79 Å². The second-order valence-corrected chi connectivity index (χ2v) is 6.09. The number of aromatic nitrogens is 2. The van der Waals surface area contributed by atoms with Gasteiger partial charge in [-0.15, -0.1) is 11.3 Å². The highest BCUT2D eigenvalue weighted by Gasteiger charge is 1.95. The van der Waals surface area contributed by atoms with Gasteiger partial charge >= 0.3 is 0 Å². The summed E-state index contributed by atoms with van der Waals surface area (Å²) in [7, 11) is 0. The number of hydrogen-bond acceptors (Lipinski definition) is 4. The molecule has 2 N–H and O–H groups in total. The van der Waals surface area contributed by atoms with Gasteiger partial charge in [-0.25, -0.2) is 4.98 Å². The molecule has 4 nitrogen and oxygen atoms in total. The van der Waals surface area contributed by atoms with Crippen molar-refractivity contribution in [2.24, 2.45) is 0 Å². The van der Waals surface area contributed by atoms with Crippen molar-refractivity contribution in [3.8, 4) is 0 Å². The van der Waals surface area contributed by atoms with Crippen LogP contribution in [0.25, 0.3) is 10.9 Å². The molecule has 2 heterocycles. The number of H-pyrrole nitrogens is 1. The standard InChI is InChI=1S/C10H9NO.C9H8N2S/c1-7-6-8-4-2-3-5-9(8)11-10(7)12;1-2-4-8(5-3-1)11-9-10-6-7-12-9/h2-6H,1H3,(H,11,12);1-7H,(H,10,11). The first kappa shape index (κ1) is 16.0. The van der Waals surface area contributed by atoms with Crippen LogP contribution in [0.4, 0.5) is 10.8 Å². The number of anilines is 2. The van der Waals surface area contributed by atoms with Crippen LogP contribution in [-0.4, -0.2) is 9.97 Å². The summed E-state index contributed by atoms with van der Waals surface area (Å²) in [5.41, 5.74) is 2.72. The lowest BCUT2D eigenvalue weighted by Gasteiger charge is -1.99. The molecule has 4 rings (SSSR count). The Bertz CT molecular complexity index is 963. The minimum Gasteiger partial charge on any atom is -0.332 e. The third-order valence-corrected chi connectivity index (χ3v) is 4.09. The summed E-state index contributed by atoms with van der Waals surface area (Å²) >= 11 is 1.60. The molecule has 0 unspecified atom stereocenters. The summed E-state index contributed by atoms with van der Waals surface area (Å²) < 4.78 is 0. The van der Waals surface area contributed by atoms with E-state index in [2.05, 4.69) is 15.3 Å². The van der Waals surface area contributed by atoms with Crippen molar-refractivity contribution in [3.05, 3.63) is 88.2 Å². The fraction of sp³-hybridized carbons (Fsp3) is 0.0526. The molecule has 24 heavy (non-hydrogen) atoms. The zero-order valence-electron chi connectivity index (χ0n) is 13.2. The highest BCUT2D eigenvalue weighted by molar-refractivity contribution is 7.13. The maximum atomic E-state index is 11.2. The van der Waals surface area contributed by atoms with E-state index in [0.717, 1.165) is 27.3 Å². The van der Waals surface area contributed by atoms with Gasteiger partial charge in [-0.05, 0) is 36.6 Å². The molecule has 0 spiro atoms. The molecule has 4 aromatic rings. The van der Waals surface area contributed by atoms with Crippen molar-refractivity contribution in [1.82, 2.24) is 9.97 Å². The van der Waals surface area contributed by atoms with Gasteiger partial charge in [0, 0.05) is 28.3 Å². The lowest BCUT2D eigenvalue weighted by Crippen LogP contribution is -2.08. The Balaban J connectivity index is 0.000000141. The monoisotopic (exact) mass is 335 g/mol. The Kier molecular flexibility index (Phi) is 5.03. The highest BCUT2D eigenvalue weighted by Crippen LogP contribution is 2.17. The zero-order chi connectivity index (χ0) is 16.8. The molecule has 0 amide bonds. The van der Waals surface area contributed by atoms with Gasteiger partial charge in [0.25, 0.3) is 5.56 Å². The molecule has 2 aromatic carbocycles. The van der Waals surface area contributed by atoms with Crippen LogP contribution in [0.2, 0.25) is 0 Å². The first-order chi connectivity index (χ1) is 11.7. The molecule has 0 fully saturated rings. The van der Waals surface area contributed by atoms with Crippen molar-refractivity contribution >= 4 is 33.1 Å². The fourth-order valence-electron chi connectivity index (χ4n) is 2.19. The number of pyridine rings is 1. The molecule has 0 saturated carbocycles. The second-order valence-electron chi connectivity index (χ2n) is 5.20. The lowest BCUT2D eigenvalue weighted by atomic mass is 10.2. The third kappa shape index (κ3) is 4.08. The largest absolute Gasteiger partial charge is 0.332 e. The van der Waals surface area contributed by atoms with Crippen LogP contribution >= 0.6 is 11.3 Å². The number of thiazole rings is 1. The van der Waals surface area contributed by atoms with Gasteiger partial charge in [-0.1, -0.05) is 36.4 Å². The number of aromatic amines is 1. The van der Waals surface area contributed by atoms with Crippen LogP contribution in [0.1, 0.15) is 5.56 Å². The zero-order valence-corrected chi connectivity index (χ0v) is 14.0. The van der Waals surface area contributed by atoms with Crippen LogP contribution < -0.4 is 10.9 Å². The van der Waals surface area contributed by atoms with Gasteiger partial charge in [0.1, 0.15) is 0 Å². The maximum absolute atomic E-state index is 11.2. The first-order valence-corrected chi connectivity index (χ1v) is 8.40. The molecule has 0 saturated heterocycles. The minimum absolute atomic E-state index is 0.00583. The van der Waals surface area contributed by atoms with Crippen molar-refractivity contribution in [1.29, 1.82) is 0 Å². The predicted octanol–water partition coefficient (Wildman–Crippen LogP) is 4.72. The van der Waals surface area contributed by atoms with Gasteiger partial charge < -0.3 is 10.3 Å². The molecule has 0 atom stereocenters. The smallest absolute Gasteiger partial charge is 0.251 e. The molecule has 0 radical (unpaired) electrons. The van der Waals surface area contributed by atoms with Crippen molar-refractivity contribution in [2.75, 3.05) is 5.32 Å². The van der Waals surface area contributed by atoms with Crippen LogP contribution in [0.5, 0.6) is 0 Å². The molecule has 2 aromatic heterocycles. The Morgan fingerprint density at radius 1 is 1.04 bits per heavy atom. The van der Waals surface area contributed by atoms with E-state index in [4.69, 9.17) is 0 Å². The van der Waals surface area contributed by atoms with E-state index in [9.17, 15) is 4.79 Å². The quantitative estimate of drug-likeness (QED) is 0.557. The van der Waals surface area contributed by atoms with Crippen molar-refractivity contribution in [2.45, 2.75) is 6.92 Å². The number of fused-ring (bicyclic) bond motifs is 1. The predicted molar refractivity (Wildman–Crippen MR) is 101 cm³/mol. The van der Waals surface area contributed by atoms with Gasteiger partial charge in [0.15, 0.2) is 5.13 Å². The molecule has 0 aliphatic rings. The van der Waals surface area contributed by atoms with Crippen LogP contribution in [0.15, 0.2) is 77.0 Å². The van der Waals surface area contributed by atoms with Gasteiger partial charge in [0.2, 0.25) is 0 Å². The average Bonchev–Trinajstić information content (AvgIpc) is 3.10. The van der Waals surface area contributed by atoms with E-state index in [1.165, 1.54) is 0 Å². The molecule has 5 heteroatoms. The van der Waals surface area contributed by atoms with Crippen molar-refractivity contribution in [3.63, 3.8) is 0 Å². The Labute approximate surface area is 143 Å². The highest BCUT2D eigenvalue weighted by atomic mass is 32.1. The molecule has 0 aliphatic carbocycles. The Morgan fingerprint density at radius 3 is 2.54 bits per heavy atom. The minimum atomic E-state index is -0.00583.